The number of likely N-dealkylation sites (tertiary alicyclic amines) is 2. The van der Waals surface area contributed by atoms with E-state index in [1.54, 1.807) is 29.8 Å². The summed E-state index contributed by atoms with van der Waals surface area (Å²) in [5.74, 6) is 7.43. The number of aromatic amines is 2. The summed E-state index contributed by atoms with van der Waals surface area (Å²) in [7, 11) is 0. The molecule has 0 spiro atoms. The molecule has 2 aromatic heterocycles. The summed E-state index contributed by atoms with van der Waals surface area (Å²) in [6.45, 7) is 10.6. The van der Waals surface area contributed by atoms with Gasteiger partial charge in [0.25, 0.3) is 0 Å². The first-order valence-electron chi connectivity index (χ1n) is 21.1. The molecule has 0 saturated carbocycles. The van der Waals surface area contributed by atoms with E-state index in [0.717, 1.165) is 51.8 Å². The Kier molecular flexibility index (Phi) is 12.7. The van der Waals surface area contributed by atoms with E-state index in [-0.39, 0.29) is 36.1 Å². The predicted octanol–water partition coefficient (Wildman–Crippen LogP) is 5.43. The van der Waals surface area contributed by atoms with Gasteiger partial charge in [0.1, 0.15) is 35.9 Å². The van der Waals surface area contributed by atoms with Gasteiger partial charge < -0.3 is 49.3 Å². The first kappa shape index (κ1) is 41.5. The second-order valence-electron chi connectivity index (χ2n) is 16.2. The minimum absolute atomic E-state index is 0.179. The number of H-pyrrole nitrogens is 2. The Balaban J connectivity index is 0.869. The van der Waals surface area contributed by atoms with Crippen molar-refractivity contribution >= 4 is 35.0 Å². The largest absolute Gasteiger partial charge is 0.446 e. The lowest BCUT2D eigenvalue weighted by Crippen LogP contribution is -2.47. The molecule has 4 N–H and O–H groups in total. The lowest BCUT2D eigenvalue weighted by molar-refractivity contribution is -0.134. The van der Waals surface area contributed by atoms with Crippen LogP contribution >= 0.6 is 0 Å². The Morgan fingerprint density at radius 3 is 2.05 bits per heavy atom. The molecule has 4 aromatic rings. The summed E-state index contributed by atoms with van der Waals surface area (Å²) in [5, 5.41) is 5.40. The van der Waals surface area contributed by atoms with Crippen LogP contribution in [-0.2, 0) is 28.5 Å². The number of carbonyl (C=O) groups excluding carboxylic acids is 4. The number of nitrogens with zero attached hydrogens (tertiary/aromatic N) is 4. The van der Waals surface area contributed by atoms with E-state index in [1.165, 1.54) is 0 Å². The molecule has 4 aliphatic heterocycles. The number of ether oxygens (including phenoxy) is 4. The number of imidazole rings is 2. The molecule has 16 nitrogen and oxygen atoms in total. The highest BCUT2D eigenvalue weighted by Gasteiger charge is 2.38. The van der Waals surface area contributed by atoms with Crippen molar-refractivity contribution in [2.75, 3.05) is 39.5 Å². The zero-order chi connectivity index (χ0) is 42.5. The fourth-order valence-electron chi connectivity index (χ4n) is 8.32. The maximum Gasteiger partial charge on any atom is 0.408 e. The van der Waals surface area contributed by atoms with Crippen molar-refractivity contribution < 1.29 is 38.1 Å². The molecule has 0 aliphatic carbocycles. The molecule has 4 fully saturated rings. The molecule has 4 aliphatic rings. The number of alkyl carbamates (subject to hydrolysis) is 2. The normalized spacial score (nSPS) is 20.8. The Bertz CT molecular complexity index is 2320. The molecule has 8 rings (SSSR count). The van der Waals surface area contributed by atoms with Gasteiger partial charge in [-0.15, -0.1) is 0 Å². The second-order valence-corrected chi connectivity index (χ2v) is 16.2. The summed E-state index contributed by atoms with van der Waals surface area (Å²) < 4.78 is 21.7. The van der Waals surface area contributed by atoms with E-state index >= 15 is 0 Å². The lowest BCUT2D eigenvalue weighted by atomic mass is 10.1. The number of amides is 4. The van der Waals surface area contributed by atoms with E-state index in [1.807, 2.05) is 42.5 Å². The zero-order valence-electron chi connectivity index (χ0n) is 34.5. The minimum atomic E-state index is -0.789. The quantitative estimate of drug-likeness (QED) is 0.125. The summed E-state index contributed by atoms with van der Waals surface area (Å²) in [6, 6.07) is 11.5. The standard InChI is InChI=1S/C45H52N8O8/c1-27-23-39(53(26-27)43(55)29(3)48-45(57)61-34-16-21-59-22-17-34)40-46-25-37(51-40)32-11-8-30(9-12-32)6-7-31-10-13-35-36(24-31)50-41(49-35)38-5-4-18-52(38)42(54)28(2)47-44(56)60-33-14-19-58-20-15-33/h8-13,24-25,28-29,33-34,38-39H,1,4-5,14-23,26H2,2-3H3,(H,46,51)(H,47,56)(H,48,57)(H,49,50)/t28-,29-,38+,39+/m1/s1. The average molecular weight is 833 g/mol. The van der Waals surface area contributed by atoms with Crippen LogP contribution in [-0.4, -0.2) is 118 Å². The molecule has 4 amide bonds. The number of benzene rings is 2. The van der Waals surface area contributed by atoms with Gasteiger partial charge in [0.05, 0.1) is 61.4 Å². The van der Waals surface area contributed by atoms with Crippen LogP contribution in [0.15, 0.2) is 60.8 Å². The van der Waals surface area contributed by atoms with Gasteiger partial charge in [-0.25, -0.2) is 19.6 Å². The molecule has 4 atom stereocenters. The van der Waals surface area contributed by atoms with Gasteiger partial charge in [-0.2, -0.15) is 0 Å². The SMILES string of the molecule is C=C1C[C@@H](c2ncc(-c3ccc(C#Cc4ccc5nc([C@@H]6CCCN6C(=O)[C@@H](C)NC(=O)OC6CCOCC6)[nH]c5c4)cc3)[nH]2)N(C(=O)[C@@H](C)NC(=O)OC2CCOCC2)C1. The van der Waals surface area contributed by atoms with Gasteiger partial charge in [0, 0.05) is 49.9 Å². The first-order valence-corrected chi connectivity index (χ1v) is 21.1. The van der Waals surface area contributed by atoms with Crippen LogP contribution in [0.4, 0.5) is 9.59 Å². The molecule has 4 saturated heterocycles. The van der Waals surface area contributed by atoms with Crippen LogP contribution in [0.2, 0.25) is 0 Å². The average Bonchev–Trinajstić information content (AvgIpc) is 4.09. The maximum atomic E-state index is 13.5. The third-order valence-corrected chi connectivity index (χ3v) is 11.6. The van der Waals surface area contributed by atoms with Crippen molar-refractivity contribution in [2.45, 2.75) is 95.2 Å². The van der Waals surface area contributed by atoms with E-state index in [2.05, 4.69) is 44.0 Å². The summed E-state index contributed by atoms with van der Waals surface area (Å²) in [4.78, 5) is 71.8. The number of hydrogen-bond donors (Lipinski definition) is 4. The van der Waals surface area contributed by atoms with Gasteiger partial charge in [-0.3, -0.25) is 9.59 Å². The van der Waals surface area contributed by atoms with E-state index in [0.29, 0.717) is 83.3 Å². The highest BCUT2D eigenvalue weighted by Crippen LogP contribution is 2.35. The Hall–Kier alpha value is -6.18. The van der Waals surface area contributed by atoms with E-state index in [9.17, 15) is 19.2 Å². The van der Waals surface area contributed by atoms with Crippen molar-refractivity contribution in [3.05, 3.63) is 83.6 Å². The van der Waals surface area contributed by atoms with Gasteiger partial charge in [-0.1, -0.05) is 36.1 Å². The monoisotopic (exact) mass is 832 g/mol. The molecule has 2 aromatic carbocycles. The van der Waals surface area contributed by atoms with Crippen LogP contribution in [0.3, 0.4) is 0 Å². The van der Waals surface area contributed by atoms with Crippen LogP contribution in [0.25, 0.3) is 22.3 Å². The summed E-state index contributed by atoms with van der Waals surface area (Å²) >= 11 is 0. The van der Waals surface area contributed by atoms with Crippen molar-refractivity contribution in [1.29, 1.82) is 0 Å². The predicted molar refractivity (Wildman–Crippen MR) is 224 cm³/mol. The molecular weight excluding hydrogens is 781 g/mol. The van der Waals surface area contributed by atoms with Gasteiger partial charge in [0.15, 0.2) is 0 Å². The fraction of sp³-hybridized carbons (Fsp3) is 0.467. The second kappa shape index (κ2) is 18.6. The smallest absolute Gasteiger partial charge is 0.408 e. The van der Waals surface area contributed by atoms with E-state index in [4.69, 9.17) is 23.9 Å². The Labute approximate surface area is 354 Å². The minimum Gasteiger partial charge on any atom is -0.446 e. The molecule has 16 heteroatoms. The van der Waals surface area contributed by atoms with Crippen molar-refractivity contribution in [3.63, 3.8) is 0 Å². The molecule has 0 bridgehead atoms. The summed E-state index contributed by atoms with van der Waals surface area (Å²) in [5.41, 5.74) is 5.85. The first-order chi connectivity index (χ1) is 29.6. The lowest BCUT2D eigenvalue weighted by Gasteiger charge is -2.27. The number of carbonyl (C=O) groups is 4. The molecule has 320 valence electrons. The number of fused-ring (bicyclic) bond motifs is 1. The zero-order valence-corrected chi connectivity index (χ0v) is 34.5. The van der Waals surface area contributed by atoms with Gasteiger partial charge in [-0.05, 0) is 69.0 Å². The van der Waals surface area contributed by atoms with Crippen LogP contribution in [0.5, 0.6) is 0 Å². The highest BCUT2D eigenvalue weighted by atomic mass is 16.6. The van der Waals surface area contributed by atoms with Crippen molar-refractivity contribution in [3.8, 4) is 23.1 Å². The molecule has 0 radical (unpaired) electrons. The molecule has 61 heavy (non-hydrogen) atoms. The molecular formula is C45H52N8O8. The van der Waals surface area contributed by atoms with Crippen molar-refractivity contribution in [1.82, 2.24) is 40.4 Å². The van der Waals surface area contributed by atoms with Gasteiger partial charge in [0.2, 0.25) is 11.8 Å². The number of rotatable bonds is 9. The number of hydrogen-bond acceptors (Lipinski definition) is 10. The molecule has 6 heterocycles. The molecule has 0 unspecified atom stereocenters. The number of nitrogens with one attached hydrogen (secondary N) is 4. The third kappa shape index (κ3) is 9.90. The Morgan fingerprint density at radius 1 is 0.787 bits per heavy atom. The van der Waals surface area contributed by atoms with Crippen LogP contribution in [0, 0.1) is 11.8 Å². The fourth-order valence-corrected chi connectivity index (χ4v) is 8.32. The third-order valence-electron chi connectivity index (χ3n) is 11.6. The number of aromatic nitrogens is 4. The van der Waals surface area contributed by atoms with Crippen LogP contribution < -0.4 is 10.6 Å². The summed E-state index contributed by atoms with van der Waals surface area (Å²) in [6.07, 6.45) is 4.85. The highest BCUT2D eigenvalue weighted by molar-refractivity contribution is 5.87. The Morgan fingerprint density at radius 2 is 1.39 bits per heavy atom. The van der Waals surface area contributed by atoms with Gasteiger partial charge >= 0.3 is 12.2 Å². The van der Waals surface area contributed by atoms with Crippen LogP contribution in [0.1, 0.15) is 93.7 Å². The topological polar surface area (TPSA) is 193 Å². The van der Waals surface area contributed by atoms with Crippen molar-refractivity contribution in [2.24, 2.45) is 0 Å². The maximum absolute atomic E-state index is 13.5. The van der Waals surface area contributed by atoms with E-state index < -0.39 is 24.3 Å².